The fraction of sp³-hybridized carbons (Fsp3) is 0.200. The molecule has 0 bridgehead atoms. The molecule has 0 aliphatic heterocycles. The molecular formula is C15H15ClN2O2. The van der Waals surface area contributed by atoms with Crippen LogP contribution in [0.5, 0.6) is 0 Å². The van der Waals surface area contributed by atoms with Gasteiger partial charge in [0.05, 0.1) is 4.92 Å². The van der Waals surface area contributed by atoms with Crippen LogP contribution in [0.2, 0.25) is 5.02 Å². The van der Waals surface area contributed by atoms with Crippen LogP contribution in [0.1, 0.15) is 16.7 Å². The highest BCUT2D eigenvalue weighted by atomic mass is 35.5. The minimum absolute atomic E-state index is 0.0122. The average Bonchev–Trinajstić information content (AvgIpc) is 2.36. The van der Waals surface area contributed by atoms with Crippen molar-refractivity contribution in [1.82, 2.24) is 0 Å². The van der Waals surface area contributed by atoms with Gasteiger partial charge in [-0.05, 0) is 31.5 Å². The van der Waals surface area contributed by atoms with Crippen LogP contribution < -0.4 is 5.32 Å². The van der Waals surface area contributed by atoms with Gasteiger partial charge in [-0.25, -0.2) is 0 Å². The molecule has 104 valence electrons. The SMILES string of the molecule is Cc1cc(C)cc(CNc2ccc(Cl)cc2[N+](=O)[O-])c1. The van der Waals surface area contributed by atoms with Crippen molar-refractivity contribution < 1.29 is 4.92 Å². The van der Waals surface area contributed by atoms with Gasteiger partial charge in [-0.2, -0.15) is 0 Å². The quantitative estimate of drug-likeness (QED) is 0.667. The van der Waals surface area contributed by atoms with Crippen LogP contribution in [-0.2, 0) is 6.54 Å². The smallest absolute Gasteiger partial charge is 0.293 e. The first-order chi connectivity index (χ1) is 9.45. The maximum Gasteiger partial charge on any atom is 0.293 e. The van der Waals surface area contributed by atoms with Gasteiger partial charge in [0.1, 0.15) is 5.69 Å². The monoisotopic (exact) mass is 290 g/mol. The molecule has 0 heterocycles. The Morgan fingerprint density at radius 1 is 1.15 bits per heavy atom. The summed E-state index contributed by atoms with van der Waals surface area (Å²) in [5.74, 6) is 0. The Morgan fingerprint density at radius 2 is 1.80 bits per heavy atom. The predicted molar refractivity (Wildman–Crippen MR) is 81.3 cm³/mol. The number of anilines is 1. The number of benzene rings is 2. The molecule has 0 spiro atoms. The fourth-order valence-corrected chi connectivity index (χ4v) is 2.34. The van der Waals surface area contributed by atoms with Gasteiger partial charge in [0, 0.05) is 17.6 Å². The lowest BCUT2D eigenvalue weighted by atomic mass is 10.1. The summed E-state index contributed by atoms with van der Waals surface area (Å²) in [6.07, 6.45) is 0. The van der Waals surface area contributed by atoms with Crippen molar-refractivity contribution in [3.05, 3.63) is 68.2 Å². The molecule has 2 aromatic carbocycles. The normalized spacial score (nSPS) is 10.3. The van der Waals surface area contributed by atoms with Crippen molar-refractivity contribution in [3.8, 4) is 0 Å². The van der Waals surface area contributed by atoms with Crippen LogP contribution in [-0.4, -0.2) is 4.92 Å². The summed E-state index contributed by atoms with van der Waals surface area (Å²) < 4.78 is 0. The summed E-state index contributed by atoms with van der Waals surface area (Å²) in [4.78, 5) is 10.6. The first-order valence-corrected chi connectivity index (χ1v) is 6.58. The molecule has 0 saturated heterocycles. The maximum atomic E-state index is 11.0. The number of nitrogens with one attached hydrogen (secondary N) is 1. The number of nitro groups is 1. The highest BCUT2D eigenvalue weighted by molar-refractivity contribution is 6.30. The minimum atomic E-state index is -0.435. The van der Waals surface area contributed by atoms with Gasteiger partial charge < -0.3 is 5.32 Å². The van der Waals surface area contributed by atoms with Gasteiger partial charge >= 0.3 is 0 Å². The van der Waals surface area contributed by atoms with E-state index in [1.165, 1.54) is 17.2 Å². The van der Waals surface area contributed by atoms with Crippen LogP contribution in [0.3, 0.4) is 0 Å². The Morgan fingerprint density at radius 3 is 2.40 bits per heavy atom. The highest BCUT2D eigenvalue weighted by Gasteiger charge is 2.13. The second kappa shape index (κ2) is 5.92. The van der Waals surface area contributed by atoms with Gasteiger partial charge in [0.2, 0.25) is 0 Å². The van der Waals surface area contributed by atoms with E-state index >= 15 is 0 Å². The number of hydrogen-bond acceptors (Lipinski definition) is 3. The second-order valence-electron chi connectivity index (χ2n) is 4.77. The molecule has 1 N–H and O–H groups in total. The molecule has 0 saturated carbocycles. The van der Waals surface area contributed by atoms with Crippen molar-refractivity contribution in [1.29, 1.82) is 0 Å². The third-order valence-corrected chi connectivity index (χ3v) is 3.16. The van der Waals surface area contributed by atoms with Crippen molar-refractivity contribution in [3.63, 3.8) is 0 Å². The van der Waals surface area contributed by atoms with Gasteiger partial charge in [0.15, 0.2) is 0 Å². The second-order valence-corrected chi connectivity index (χ2v) is 5.20. The average molecular weight is 291 g/mol. The molecule has 0 aliphatic rings. The Labute approximate surface area is 122 Å². The summed E-state index contributed by atoms with van der Waals surface area (Å²) in [5.41, 5.74) is 3.90. The number of rotatable bonds is 4. The van der Waals surface area contributed by atoms with Gasteiger partial charge in [-0.1, -0.05) is 40.9 Å². The molecule has 2 aromatic rings. The standard InChI is InChI=1S/C15H15ClN2O2/c1-10-5-11(2)7-12(6-10)9-17-14-4-3-13(16)8-15(14)18(19)20/h3-8,17H,9H2,1-2H3. The largest absolute Gasteiger partial charge is 0.375 e. The molecule has 0 amide bonds. The van der Waals surface area contributed by atoms with Gasteiger partial charge in [-0.15, -0.1) is 0 Å². The molecule has 0 aliphatic carbocycles. The number of nitro benzene ring substituents is 1. The number of aryl methyl sites for hydroxylation is 2. The zero-order valence-electron chi connectivity index (χ0n) is 11.3. The van der Waals surface area contributed by atoms with Crippen LogP contribution in [0.25, 0.3) is 0 Å². The van der Waals surface area contributed by atoms with E-state index < -0.39 is 4.92 Å². The van der Waals surface area contributed by atoms with E-state index in [2.05, 4.69) is 23.5 Å². The zero-order valence-corrected chi connectivity index (χ0v) is 12.1. The lowest BCUT2D eigenvalue weighted by Crippen LogP contribution is -2.03. The van der Waals surface area contributed by atoms with Crippen LogP contribution in [0.4, 0.5) is 11.4 Å². The number of halogens is 1. The van der Waals surface area contributed by atoms with E-state index in [0.29, 0.717) is 17.3 Å². The van der Waals surface area contributed by atoms with Crippen LogP contribution in [0.15, 0.2) is 36.4 Å². The Bertz CT molecular complexity index is 636. The Hall–Kier alpha value is -2.07. The predicted octanol–water partition coefficient (Wildman–Crippen LogP) is 4.48. The third kappa shape index (κ3) is 3.48. The molecule has 20 heavy (non-hydrogen) atoms. The van der Waals surface area contributed by atoms with Crippen LogP contribution in [0, 0.1) is 24.0 Å². The van der Waals surface area contributed by atoms with Gasteiger partial charge in [-0.3, -0.25) is 10.1 Å². The van der Waals surface area contributed by atoms with Crippen molar-refractivity contribution in [2.45, 2.75) is 20.4 Å². The molecule has 5 heteroatoms. The molecule has 0 aromatic heterocycles. The van der Waals surface area contributed by atoms with Crippen molar-refractivity contribution in [2.75, 3.05) is 5.32 Å². The molecule has 0 fully saturated rings. The molecule has 2 rings (SSSR count). The first kappa shape index (κ1) is 14.3. The molecule has 0 atom stereocenters. The summed E-state index contributed by atoms with van der Waals surface area (Å²) in [7, 11) is 0. The van der Waals surface area contributed by atoms with E-state index in [1.54, 1.807) is 12.1 Å². The summed E-state index contributed by atoms with van der Waals surface area (Å²) >= 11 is 5.79. The van der Waals surface area contributed by atoms with Crippen molar-refractivity contribution >= 4 is 23.0 Å². The molecule has 0 radical (unpaired) electrons. The van der Waals surface area contributed by atoms with Gasteiger partial charge in [0.25, 0.3) is 5.69 Å². The van der Waals surface area contributed by atoms with E-state index in [9.17, 15) is 10.1 Å². The third-order valence-electron chi connectivity index (χ3n) is 2.92. The minimum Gasteiger partial charge on any atom is -0.375 e. The maximum absolute atomic E-state index is 11.0. The number of hydrogen-bond donors (Lipinski definition) is 1. The van der Waals surface area contributed by atoms with E-state index in [1.807, 2.05) is 13.8 Å². The van der Waals surface area contributed by atoms with Crippen molar-refractivity contribution in [2.24, 2.45) is 0 Å². The zero-order chi connectivity index (χ0) is 14.7. The molecule has 0 unspecified atom stereocenters. The summed E-state index contributed by atoms with van der Waals surface area (Å²) in [6, 6.07) is 10.8. The van der Waals surface area contributed by atoms with E-state index in [0.717, 1.165) is 5.56 Å². The first-order valence-electron chi connectivity index (χ1n) is 6.20. The highest BCUT2D eigenvalue weighted by Crippen LogP contribution is 2.28. The lowest BCUT2D eigenvalue weighted by Gasteiger charge is -2.09. The lowest BCUT2D eigenvalue weighted by molar-refractivity contribution is -0.383. The summed E-state index contributed by atoms with van der Waals surface area (Å²) in [6.45, 7) is 4.59. The topological polar surface area (TPSA) is 55.2 Å². The van der Waals surface area contributed by atoms with E-state index in [-0.39, 0.29) is 5.69 Å². The molecule has 4 nitrogen and oxygen atoms in total. The Kier molecular flexibility index (Phi) is 4.25. The molecular weight excluding hydrogens is 276 g/mol. The summed E-state index contributed by atoms with van der Waals surface area (Å²) in [5, 5.41) is 14.4. The fourth-order valence-electron chi connectivity index (χ4n) is 2.17. The number of nitrogens with zero attached hydrogens (tertiary/aromatic N) is 1. The van der Waals surface area contributed by atoms with Crippen LogP contribution >= 0.6 is 11.6 Å². The Balaban J connectivity index is 2.20. The van der Waals surface area contributed by atoms with E-state index in [4.69, 9.17) is 11.6 Å².